The third-order valence-corrected chi connectivity index (χ3v) is 5.66. The van der Waals surface area contributed by atoms with Gasteiger partial charge in [0.05, 0.1) is 35.5 Å². The summed E-state index contributed by atoms with van der Waals surface area (Å²) < 4.78 is 27.4. The summed E-state index contributed by atoms with van der Waals surface area (Å²) in [4.78, 5) is 23.1. The summed E-state index contributed by atoms with van der Waals surface area (Å²) in [6, 6.07) is 10.1. The molecule has 0 unspecified atom stereocenters. The number of benzene rings is 2. The Morgan fingerprint density at radius 2 is 1.17 bits per heavy atom. The Balaban J connectivity index is 0.000000678. The molecule has 3 rings (SSSR count). The smallest absolute Gasteiger partial charge is 0.414 e. The second kappa shape index (κ2) is 14.0. The highest BCUT2D eigenvalue weighted by Crippen LogP contribution is 2.38. The van der Waals surface area contributed by atoms with E-state index in [0.29, 0.717) is 17.2 Å². The minimum Gasteiger partial charge on any atom is -0.493 e. The molecule has 0 bridgehead atoms. The topological polar surface area (TPSA) is 127 Å². The SMILES string of the molecule is COc1cccc(CN2CCN(Cc3cc(OC)c(OC)c(OC)c3)CC2)c1OC.O=C(O)C(=O)O. The number of nitrogens with zero attached hydrogens (tertiary/aromatic N) is 2. The Kier molecular flexibility index (Phi) is 11.1. The Morgan fingerprint density at radius 3 is 1.58 bits per heavy atom. The van der Waals surface area contributed by atoms with E-state index in [1.165, 1.54) is 0 Å². The average molecular weight is 507 g/mol. The van der Waals surface area contributed by atoms with Crippen molar-refractivity contribution in [3.63, 3.8) is 0 Å². The fourth-order valence-corrected chi connectivity index (χ4v) is 3.91. The molecule has 1 aliphatic heterocycles. The quantitative estimate of drug-likeness (QED) is 0.486. The van der Waals surface area contributed by atoms with Crippen molar-refractivity contribution in [2.45, 2.75) is 13.1 Å². The number of para-hydroxylation sites is 1. The standard InChI is InChI=1S/C23H32N2O5.C2H2O4/c1-26-19-8-6-7-18(22(19)29-4)16-25-11-9-24(10-12-25)15-17-13-20(27-2)23(30-5)21(14-17)28-3;3-1(4)2(5)6/h6-8,13-14H,9-12,15-16H2,1-5H3;(H,3,4)(H,5,6). The summed E-state index contributed by atoms with van der Waals surface area (Å²) in [5.74, 6) is -0.0482. The summed E-state index contributed by atoms with van der Waals surface area (Å²) in [5.41, 5.74) is 2.29. The van der Waals surface area contributed by atoms with Crippen molar-refractivity contribution in [2.75, 3.05) is 61.7 Å². The Labute approximate surface area is 210 Å². The van der Waals surface area contributed by atoms with Crippen molar-refractivity contribution in [1.82, 2.24) is 9.80 Å². The Morgan fingerprint density at radius 1 is 0.694 bits per heavy atom. The molecular weight excluding hydrogens is 472 g/mol. The summed E-state index contributed by atoms with van der Waals surface area (Å²) >= 11 is 0. The van der Waals surface area contributed by atoms with Gasteiger partial charge in [0.15, 0.2) is 23.0 Å². The highest BCUT2D eigenvalue weighted by Gasteiger charge is 2.21. The lowest BCUT2D eigenvalue weighted by Gasteiger charge is -2.35. The number of methoxy groups -OCH3 is 5. The van der Waals surface area contributed by atoms with Gasteiger partial charge in [-0.1, -0.05) is 12.1 Å². The summed E-state index contributed by atoms with van der Waals surface area (Å²) in [5, 5.41) is 14.8. The van der Waals surface area contributed by atoms with Crippen LogP contribution in [0.5, 0.6) is 28.7 Å². The molecule has 36 heavy (non-hydrogen) atoms. The van der Waals surface area contributed by atoms with Crippen molar-refractivity contribution in [3.8, 4) is 28.7 Å². The summed E-state index contributed by atoms with van der Waals surface area (Å²) in [7, 11) is 8.27. The van der Waals surface area contributed by atoms with Gasteiger partial charge < -0.3 is 33.9 Å². The number of carboxylic acids is 2. The number of piperazine rings is 1. The molecule has 0 radical (unpaired) electrons. The lowest BCUT2D eigenvalue weighted by atomic mass is 10.1. The Hall–Kier alpha value is -3.70. The highest BCUT2D eigenvalue weighted by molar-refractivity contribution is 6.27. The van der Waals surface area contributed by atoms with Gasteiger partial charge in [-0.2, -0.15) is 0 Å². The number of hydrogen-bond donors (Lipinski definition) is 2. The van der Waals surface area contributed by atoms with Crippen LogP contribution in [-0.4, -0.2) is 93.7 Å². The molecule has 198 valence electrons. The number of rotatable bonds is 9. The van der Waals surface area contributed by atoms with E-state index in [9.17, 15) is 0 Å². The zero-order valence-electron chi connectivity index (χ0n) is 21.3. The van der Waals surface area contributed by atoms with Crippen LogP contribution in [0.25, 0.3) is 0 Å². The predicted molar refractivity (Wildman–Crippen MR) is 131 cm³/mol. The van der Waals surface area contributed by atoms with E-state index in [1.807, 2.05) is 24.3 Å². The largest absolute Gasteiger partial charge is 0.493 e. The third kappa shape index (κ3) is 7.65. The van der Waals surface area contributed by atoms with Gasteiger partial charge in [-0.3, -0.25) is 9.80 Å². The van der Waals surface area contributed by atoms with E-state index in [4.69, 9.17) is 43.5 Å². The number of ether oxygens (including phenoxy) is 5. The molecular formula is C25H34N2O9. The van der Waals surface area contributed by atoms with E-state index < -0.39 is 11.9 Å². The molecule has 0 saturated carbocycles. The van der Waals surface area contributed by atoms with E-state index >= 15 is 0 Å². The molecule has 11 nitrogen and oxygen atoms in total. The van der Waals surface area contributed by atoms with Crippen LogP contribution in [0, 0.1) is 0 Å². The van der Waals surface area contributed by atoms with Gasteiger partial charge in [-0.15, -0.1) is 0 Å². The van der Waals surface area contributed by atoms with Crippen molar-refractivity contribution in [1.29, 1.82) is 0 Å². The molecule has 0 atom stereocenters. The van der Waals surface area contributed by atoms with Crippen molar-refractivity contribution in [2.24, 2.45) is 0 Å². The maximum atomic E-state index is 9.10. The zero-order valence-corrected chi connectivity index (χ0v) is 21.3. The predicted octanol–water partition coefficient (Wildman–Crippen LogP) is 2.20. The molecule has 1 saturated heterocycles. The minimum absolute atomic E-state index is 0.626. The molecule has 11 heteroatoms. The molecule has 2 N–H and O–H groups in total. The fraction of sp³-hybridized carbons (Fsp3) is 0.440. The number of aliphatic carboxylic acids is 2. The molecule has 0 aliphatic carbocycles. The normalized spacial score (nSPS) is 13.7. The first kappa shape index (κ1) is 28.5. The van der Waals surface area contributed by atoms with Crippen LogP contribution in [0.4, 0.5) is 0 Å². The van der Waals surface area contributed by atoms with Crippen LogP contribution in [-0.2, 0) is 22.7 Å². The molecule has 0 amide bonds. The van der Waals surface area contributed by atoms with Crippen LogP contribution in [0.2, 0.25) is 0 Å². The van der Waals surface area contributed by atoms with Crippen LogP contribution in [0.3, 0.4) is 0 Å². The third-order valence-electron chi connectivity index (χ3n) is 5.66. The summed E-state index contributed by atoms with van der Waals surface area (Å²) in [6.45, 7) is 5.65. The number of carbonyl (C=O) groups is 2. The molecule has 1 aliphatic rings. The molecule has 1 fully saturated rings. The van der Waals surface area contributed by atoms with Crippen LogP contribution >= 0.6 is 0 Å². The zero-order chi connectivity index (χ0) is 26.7. The monoisotopic (exact) mass is 506 g/mol. The van der Waals surface area contributed by atoms with Crippen LogP contribution < -0.4 is 23.7 Å². The molecule has 0 aromatic heterocycles. The van der Waals surface area contributed by atoms with Crippen molar-refractivity contribution < 1.29 is 43.5 Å². The van der Waals surface area contributed by atoms with Crippen molar-refractivity contribution >= 4 is 11.9 Å². The second-order valence-corrected chi connectivity index (χ2v) is 7.85. The van der Waals surface area contributed by atoms with Gasteiger partial charge in [0, 0.05) is 44.8 Å². The molecule has 1 heterocycles. The first-order valence-electron chi connectivity index (χ1n) is 11.2. The van der Waals surface area contributed by atoms with Gasteiger partial charge in [-0.05, 0) is 23.8 Å². The van der Waals surface area contributed by atoms with Crippen LogP contribution in [0.1, 0.15) is 11.1 Å². The first-order valence-corrected chi connectivity index (χ1v) is 11.2. The van der Waals surface area contributed by atoms with E-state index in [-0.39, 0.29) is 0 Å². The van der Waals surface area contributed by atoms with Crippen LogP contribution in [0.15, 0.2) is 30.3 Å². The summed E-state index contributed by atoms with van der Waals surface area (Å²) in [6.07, 6.45) is 0. The van der Waals surface area contributed by atoms with Gasteiger partial charge in [0.25, 0.3) is 0 Å². The fourth-order valence-electron chi connectivity index (χ4n) is 3.91. The van der Waals surface area contributed by atoms with Gasteiger partial charge >= 0.3 is 11.9 Å². The molecule has 0 spiro atoms. The van der Waals surface area contributed by atoms with E-state index in [1.54, 1.807) is 35.5 Å². The van der Waals surface area contributed by atoms with E-state index in [2.05, 4.69) is 15.9 Å². The van der Waals surface area contributed by atoms with Crippen molar-refractivity contribution in [3.05, 3.63) is 41.5 Å². The van der Waals surface area contributed by atoms with Gasteiger partial charge in [-0.25, -0.2) is 9.59 Å². The number of carboxylic acid groups (broad SMARTS) is 2. The molecule has 2 aromatic carbocycles. The lowest BCUT2D eigenvalue weighted by molar-refractivity contribution is -0.159. The maximum absolute atomic E-state index is 9.10. The van der Waals surface area contributed by atoms with E-state index in [0.717, 1.165) is 61.9 Å². The first-order chi connectivity index (χ1) is 17.3. The average Bonchev–Trinajstić information content (AvgIpc) is 2.89. The minimum atomic E-state index is -1.82. The van der Waals surface area contributed by atoms with Gasteiger partial charge in [0.2, 0.25) is 5.75 Å². The number of hydrogen-bond acceptors (Lipinski definition) is 9. The molecule has 2 aromatic rings. The second-order valence-electron chi connectivity index (χ2n) is 7.85. The maximum Gasteiger partial charge on any atom is 0.414 e. The van der Waals surface area contributed by atoms with Gasteiger partial charge in [0.1, 0.15) is 0 Å². The lowest BCUT2D eigenvalue weighted by Crippen LogP contribution is -2.45. The highest BCUT2D eigenvalue weighted by atomic mass is 16.5. The Bertz CT molecular complexity index is 984.